The summed E-state index contributed by atoms with van der Waals surface area (Å²) in [5.74, 6) is -1.86. The molecule has 0 bridgehead atoms. The number of aromatic nitrogens is 4. The summed E-state index contributed by atoms with van der Waals surface area (Å²) in [7, 11) is 0. The standard InChI is InChI=1S/C19H18F3N5O/c1-11(16-8-7-15(21)10-17(16)22)23-19(28)18(27-12(2)24-25-26-27)9-13-3-5-14(20)6-4-13/h3-8,10-11,18H,9H2,1-2H3,(H,23,28). The van der Waals surface area contributed by atoms with Crippen LogP contribution in [0.2, 0.25) is 0 Å². The topological polar surface area (TPSA) is 72.7 Å². The maximum atomic E-state index is 14.0. The van der Waals surface area contributed by atoms with Crippen molar-refractivity contribution in [3.63, 3.8) is 0 Å². The Bertz CT molecular complexity index is 974. The highest BCUT2D eigenvalue weighted by Crippen LogP contribution is 2.21. The lowest BCUT2D eigenvalue weighted by molar-refractivity contribution is -0.125. The molecule has 1 aromatic heterocycles. The first-order chi connectivity index (χ1) is 13.3. The number of aryl methyl sites for hydroxylation is 1. The number of hydrogen-bond acceptors (Lipinski definition) is 4. The van der Waals surface area contributed by atoms with Gasteiger partial charge in [0.2, 0.25) is 5.91 Å². The molecule has 0 aliphatic carbocycles. The van der Waals surface area contributed by atoms with Crippen molar-refractivity contribution < 1.29 is 18.0 Å². The number of carbonyl (C=O) groups is 1. The van der Waals surface area contributed by atoms with Crippen molar-refractivity contribution >= 4 is 5.91 Å². The van der Waals surface area contributed by atoms with Gasteiger partial charge in [-0.2, -0.15) is 0 Å². The molecule has 3 aromatic rings. The molecule has 6 nitrogen and oxygen atoms in total. The van der Waals surface area contributed by atoms with Gasteiger partial charge in [-0.05, 0) is 48.0 Å². The fourth-order valence-corrected chi connectivity index (χ4v) is 2.90. The lowest BCUT2D eigenvalue weighted by atomic mass is 10.0. The van der Waals surface area contributed by atoms with Crippen molar-refractivity contribution in [3.05, 3.63) is 76.9 Å². The van der Waals surface area contributed by atoms with E-state index in [0.717, 1.165) is 12.1 Å². The number of nitrogens with one attached hydrogen (secondary N) is 1. The molecule has 2 aromatic carbocycles. The van der Waals surface area contributed by atoms with E-state index >= 15 is 0 Å². The van der Waals surface area contributed by atoms with Crippen LogP contribution in [0, 0.1) is 24.4 Å². The van der Waals surface area contributed by atoms with E-state index < -0.39 is 29.6 Å². The molecular formula is C19H18F3N5O. The van der Waals surface area contributed by atoms with Crippen LogP contribution in [0.1, 0.15) is 36.0 Å². The molecule has 2 unspecified atom stereocenters. The second kappa shape index (κ2) is 8.20. The molecule has 0 radical (unpaired) electrons. The number of hydrogen-bond donors (Lipinski definition) is 1. The van der Waals surface area contributed by atoms with Crippen LogP contribution < -0.4 is 5.32 Å². The van der Waals surface area contributed by atoms with Gasteiger partial charge in [0.05, 0.1) is 6.04 Å². The average Bonchev–Trinajstić information content (AvgIpc) is 3.06. The Morgan fingerprint density at radius 1 is 1.11 bits per heavy atom. The van der Waals surface area contributed by atoms with Gasteiger partial charge < -0.3 is 5.32 Å². The molecule has 1 N–H and O–H groups in total. The molecule has 1 heterocycles. The van der Waals surface area contributed by atoms with Crippen molar-refractivity contribution in [2.75, 3.05) is 0 Å². The molecule has 0 aliphatic rings. The highest BCUT2D eigenvalue weighted by Gasteiger charge is 2.26. The van der Waals surface area contributed by atoms with Crippen molar-refractivity contribution in [2.45, 2.75) is 32.4 Å². The maximum absolute atomic E-state index is 14.0. The minimum absolute atomic E-state index is 0.156. The Labute approximate surface area is 159 Å². The zero-order valence-corrected chi connectivity index (χ0v) is 15.2. The summed E-state index contributed by atoms with van der Waals surface area (Å²) < 4.78 is 41.7. The molecular weight excluding hydrogens is 371 g/mol. The Balaban J connectivity index is 1.84. The Kier molecular flexibility index (Phi) is 5.72. The van der Waals surface area contributed by atoms with Crippen LogP contribution in [-0.4, -0.2) is 26.1 Å². The Morgan fingerprint density at radius 2 is 1.79 bits per heavy atom. The fourth-order valence-electron chi connectivity index (χ4n) is 2.90. The average molecular weight is 389 g/mol. The Morgan fingerprint density at radius 3 is 2.39 bits per heavy atom. The van der Waals surface area contributed by atoms with E-state index in [2.05, 4.69) is 20.8 Å². The van der Waals surface area contributed by atoms with Crippen molar-refractivity contribution in [3.8, 4) is 0 Å². The summed E-state index contributed by atoms with van der Waals surface area (Å²) in [5, 5.41) is 13.9. The van der Waals surface area contributed by atoms with E-state index in [4.69, 9.17) is 0 Å². The fraction of sp³-hybridized carbons (Fsp3) is 0.263. The van der Waals surface area contributed by atoms with Gasteiger partial charge in [0.1, 0.15) is 29.3 Å². The molecule has 0 spiro atoms. The van der Waals surface area contributed by atoms with E-state index in [9.17, 15) is 18.0 Å². The maximum Gasteiger partial charge on any atom is 0.245 e. The molecule has 3 rings (SSSR count). The van der Waals surface area contributed by atoms with Crippen molar-refractivity contribution in [1.29, 1.82) is 0 Å². The summed E-state index contributed by atoms with van der Waals surface area (Å²) in [6, 6.07) is 7.37. The third-order valence-corrected chi connectivity index (χ3v) is 4.39. The van der Waals surface area contributed by atoms with Gasteiger partial charge in [0.15, 0.2) is 0 Å². The zero-order valence-electron chi connectivity index (χ0n) is 15.2. The normalized spacial score (nSPS) is 13.2. The number of tetrazole rings is 1. The predicted octanol–water partition coefficient (Wildman–Crippen LogP) is 3.06. The van der Waals surface area contributed by atoms with Crippen molar-refractivity contribution in [2.24, 2.45) is 0 Å². The number of amides is 1. The number of carbonyl (C=O) groups excluding carboxylic acids is 1. The summed E-state index contributed by atoms with van der Waals surface area (Å²) in [4.78, 5) is 12.9. The van der Waals surface area contributed by atoms with Gasteiger partial charge in [0.25, 0.3) is 0 Å². The first-order valence-electron chi connectivity index (χ1n) is 8.59. The highest BCUT2D eigenvalue weighted by molar-refractivity contribution is 5.81. The number of rotatable bonds is 6. The third-order valence-electron chi connectivity index (χ3n) is 4.39. The van der Waals surface area contributed by atoms with Crippen LogP contribution in [0.4, 0.5) is 13.2 Å². The summed E-state index contributed by atoms with van der Waals surface area (Å²) in [6.07, 6.45) is 0.205. The molecule has 9 heteroatoms. The van der Waals surface area contributed by atoms with E-state index in [-0.39, 0.29) is 17.8 Å². The molecule has 0 fully saturated rings. The SMILES string of the molecule is Cc1nnnn1C(Cc1ccc(F)cc1)C(=O)NC(C)c1ccc(F)cc1F. The molecule has 2 atom stereocenters. The number of benzene rings is 2. The third kappa shape index (κ3) is 4.36. The largest absolute Gasteiger partial charge is 0.348 e. The lowest BCUT2D eigenvalue weighted by Crippen LogP contribution is -2.36. The quantitative estimate of drug-likeness (QED) is 0.703. The minimum Gasteiger partial charge on any atom is -0.348 e. The predicted molar refractivity (Wildman–Crippen MR) is 94.6 cm³/mol. The van der Waals surface area contributed by atoms with Crippen LogP contribution >= 0.6 is 0 Å². The monoisotopic (exact) mass is 389 g/mol. The van der Waals surface area contributed by atoms with Crippen molar-refractivity contribution in [1.82, 2.24) is 25.5 Å². The van der Waals surface area contributed by atoms with E-state index in [1.54, 1.807) is 26.0 Å². The molecule has 1 amide bonds. The number of nitrogens with zero attached hydrogens (tertiary/aromatic N) is 4. The second-order valence-corrected chi connectivity index (χ2v) is 6.41. The van der Waals surface area contributed by atoms with Crippen LogP contribution in [0.5, 0.6) is 0 Å². The molecule has 146 valence electrons. The Hall–Kier alpha value is -3.23. The second-order valence-electron chi connectivity index (χ2n) is 6.41. The van der Waals surface area contributed by atoms with Gasteiger partial charge in [-0.1, -0.05) is 18.2 Å². The highest BCUT2D eigenvalue weighted by atomic mass is 19.1. The van der Waals surface area contributed by atoms with E-state index in [1.165, 1.54) is 22.9 Å². The summed E-state index contributed by atoms with van der Waals surface area (Å²) >= 11 is 0. The van der Waals surface area contributed by atoms with E-state index in [1.807, 2.05) is 0 Å². The number of halogens is 3. The molecule has 0 saturated heterocycles. The van der Waals surface area contributed by atoms with Crippen LogP contribution in [0.25, 0.3) is 0 Å². The zero-order chi connectivity index (χ0) is 20.3. The lowest BCUT2D eigenvalue weighted by Gasteiger charge is -2.21. The van der Waals surface area contributed by atoms with Gasteiger partial charge in [-0.15, -0.1) is 5.10 Å². The molecule has 0 aliphatic heterocycles. The van der Waals surface area contributed by atoms with Gasteiger partial charge in [0, 0.05) is 18.1 Å². The molecule has 28 heavy (non-hydrogen) atoms. The summed E-state index contributed by atoms with van der Waals surface area (Å²) in [5.41, 5.74) is 0.862. The summed E-state index contributed by atoms with van der Waals surface area (Å²) in [6.45, 7) is 3.24. The molecule has 0 saturated carbocycles. The van der Waals surface area contributed by atoms with Crippen LogP contribution in [-0.2, 0) is 11.2 Å². The van der Waals surface area contributed by atoms with Crippen LogP contribution in [0.15, 0.2) is 42.5 Å². The first kappa shape index (κ1) is 19.5. The first-order valence-corrected chi connectivity index (χ1v) is 8.59. The van der Waals surface area contributed by atoms with Crippen LogP contribution in [0.3, 0.4) is 0 Å². The minimum atomic E-state index is -0.827. The smallest absolute Gasteiger partial charge is 0.245 e. The van der Waals surface area contributed by atoms with Gasteiger partial charge >= 0.3 is 0 Å². The van der Waals surface area contributed by atoms with E-state index in [0.29, 0.717) is 11.4 Å². The van der Waals surface area contributed by atoms with Gasteiger partial charge in [-0.3, -0.25) is 4.79 Å². The van der Waals surface area contributed by atoms with Gasteiger partial charge in [-0.25, -0.2) is 17.9 Å².